The van der Waals surface area contributed by atoms with Gasteiger partial charge in [-0.25, -0.2) is 0 Å². The zero-order chi connectivity index (χ0) is 15.3. The standard InChI is InChI=1S/C18H40OSi/c1-6-8-10-11-12-13-14-15-17-18(16-9-7-2)19-20(3,4)5/h18H,6-17H2,1-5H3. The van der Waals surface area contributed by atoms with Crippen molar-refractivity contribution in [1.82, 2.24) is 0 Å². The van der Waals surface area contributed by atoms with E-state index in [1.807, 2.05) is 0 Å². The Hall–Kier alpha value is 0.177. The number of hydrogen-bond donors (Lipinski definition) is 0. The molecule has 0 aromatic carbocycles. The van der Waals surface area contributed by atoms with E-state index < -0.39 is 8.32 Å². The van der Waals surface area contributed by atoms with E-state index >= 15 is 0 Å². The van der Waals surface area contributed by atoms with Crippen LogP contribution in [0.15, 0.2) is 0 Å². The Morgan fingerprint density at radius 3 is 1.60 bits per heavy atom. The smallest absolute Gasteiger partial charge is 0.184 e. The molecule has 0 saturated heterocycles. The van der Waals surface area contributed by atoms with Crippen LogP contribution in [-0.4, -0.2) is 14.4 Å². The highest BCUT2D eigenvalue weighted by Crippen LogP contribution is 2.19. The third-order valence-corrected chi connectivity index (χ3v) is 4.82. The van der Waals surface area contributed by atoms with Gasteiger partial charge in [0.15, 0.2) is 8.32 Å². The van der Waals surface area contributed by atoms with Crippen molar-refractivity contribution >= 4 is 8.32 Å². The topological polar surface area (TPSA) is 9.23 Å². The maximum absolute atomic E-state index is 6.34. The van der Waals surface area contributed by atoms with Crippen LogP contribution in [0.25, 0.3) is 0 Å². The maximum Gasteiger partial charge on any atom is 0.184 e. The molecule has 1 nitrogen and oxygen atoms in total. The van der Waals surface area contributed by atoms with Crippen LogP contribution < -0.4 is 0 Å². The lowest BCUT2D eigenvalue weighted by molar-refractivity contribution is 0.166. The summed E-state index contributed by atoms with van der Waals surface area (Å²) in [7, 11) is -1.36. The van der Waals surface area contributed by atoms with E-state index in [2.05, 4.69) is 33.5 Å². The third-order valence-electron chi connectivity index (χ3n) is 3.78. The van der Waals surface area contributed by atoms with Crippen LogP contribution in [0.1, 0.15) is 90.9 Å². The van der Waals surface area contributed by atoms with E-state index in [1.165, 1.54) is 77.0 Å². The van der Waals surface area contributed by atoms with Crippen molar-refractivity contribution in [2.45, 2.75) is 117 Å². The van der Waals surface area contributed by atoms with E-state index in [0.717, 1.165) is 0 Å². The van der Waals surface area contributed by atoms with Crippen molar-refractivity contribution in [1.29, 1.82) is 0 Å². The highest BCUT2D eigenvalue weighted by atomic mass is 28.4. The van der Waals surface area contributed by atoms with Gasteiger partial charge in [0.05, 0.1) is 0 Å². The Balaban J connectivity index is 3.63. The van der Waals surface area contributed by atoms with Crippen LogP contribution in [-0.2, 0) is 4.43 Å². The van der Waals surface area contributed by atoms with Gasteiger partial charge in [-0.1, -0.05) is 78.1 Å². The molecule has 0 aliphatic carbocycles. The van der Waals surface area contributed by atoms with Crippen LogP contribution in [0.3, 0.4) is 0 Å². The van der Waals surface area contributed by atoms with Crippen LogP contribution in [0.4, 0.5) is 0 Å². The second-order valence-corrected chi connectivity index (χ2v) is 11.7. The highest BCUT2D eigenvalue weighted by molar-refractivity contribution is 6.69. The van der Waals surface area contributed by atoms with Gasteiger partial charge in [0.25, 0.3) is 0 Å². The van der Waals surface area contributed by atoms with Gasteiger partial charge in [-0.2, -0.15) is 0 Å². The number of unbranched alkanes of at least 4 members (excludes halogenated alkanes) is 8. The first-order valence-electron chi connectivity index (χ1n) is 9.17. The monoisotopic (exact) mass is 300 g/mol. The summed E-state index contributed by atoms with van der Waals surface area (Å²) < 4.78 is 6.34. The fraction of sp³-hybridized carbons (Fsp3) is 1.00. The molecule has 122 valence electrons. The minimum absolute atomic E-state index is 0.543. The molecule has 0 spiro atoms. The van der Waals surface area contributed by atoms with Crippen molar-refractivity contribution in [3.8, 4) is 0 Å². The summed E-state index contributed by atoms with van der Waals surface area (Å²) in [6.45, 7) is 11.5. The van der Waals surface area contributed by atoms with Crippen LogP contribution in [0.5, 0.6) is 0 Å². The lowest BCUT2D eigenvalue weighted by atomic mass is 10.0. The minimum atomic E-state index is -1.36. The molecular weight excluding hydrogens is 260 g/mol. The SMILES string of the molecule is CCCCCCCCCCC(CCCC)O[Si](C)(C)C. The van der Waals surface area contributed by atoms with Crippen molar-refractivity contribution < 1.29 is 4.43 Å². The predicted octanol–water partition coefficient (Wildman–Crippen LogP) is 6.93. The van der Waals surface area contributed by atoms with Crippen LogP contribution >= 0.6 is 0 Å². The first kappa shape index (κ1) is 20.2. The van der Waals surface area contributed by atoms with E-state index in [-0.39, 0.29) is 0 Å². The molecule has 0 saturated carbocycles. The zero-order valence-electron chi connectivity index (χ0n) is 15.0. The second kappa shape index (κ2) is 12.9. The Kier molecular flexibility index (Phi) is 13.0. The second-order valence-electron chi connectivity index (χ2n) is 7.26. The molecule has 0 aromatic rings. The minimum Gasteiger partial charge on any atom is -0.415 e. The van der Waals surface area contributed by atoms with Crippen molar-refractivity contribution in [3.63, 3.8) is 0 Å². The van der Waals surface area contributed by atoms with Gasteiger partial charge in [-0.05, 0) is 32.5 Å². The Labute approximate surface area is 130 Å². The molecule has 1 unspecified atom stereocenters. The molecule has 0 aromatic heterocycles. The van der Waals surface area contributed by atoms with E-state index in [1.54, 1.807) is 0 Å². The molecule has 2 heteroatoms. The fourth-order valence-electron chi connectivity index (χ4n) is 2.70. The molecule has 1 atom stereocenters. The lowest BCUT2D eigenvalue weighted by Crippen LogP contribution is -2.32. The molecule has 0 amide bonds. The third kappa shape index (κ3) is 14.6. The Bertz CT molecular complexity index is 198. The first-order chi connectivity index (χ1) is 9.49. The van der Waals surface area contributed by atoms with Crippen molar-refractivity contribution in [2.75, 3.05) is 0 Å². The molecular formula is C18H40OSi. The molecule has 0 fully saturated rings. The molecule has 0 aliphatic heterocycles. The average molecular weight is 301 g/mol. The van der Waals surface area contributed by atoms with Gasteiger partial charge in [0, 0.05) is 6.10 Å². The molecule has 0 aliphatic rings. The summed E-state index contributed by atoms with van der Waals surface area (Å²) in [6, 6.07) is 0. The predicted molar refractivity (Wildman–Crippen MR) is 95.0 cm³/mol. The van der Waals surface area contributed by atoms with Gasteiger partial charge in [-0.15, -0.1) is 0 Å². The first-order valence-corrected chi connectivity index (χ1v) is 12.6. The molecule has 0 heterocycles. The molecule has 20 heavy (non-hydrogen) atoms. The number of hydrogen-bond acceptors (Lipinski definition) is 1. The lowest BCUT2D eigenvalue weighted by Gasteiger charge is -2.26. The zero-order valence-corrected chi connectivity index (χ0v) is 16.0. The van der Waals surface area contributed by atoms with Crippen molar-refractivity contribution in [3.05, 3.63) is 0 Å². The van der Waals surface area contributed by atoms with E-state index in [4.69, 9.17) is 4.43 Å². The Morgan fingerprint density at radius 2 is 1.10 bits per heavy atom. The summed E-state index contributed by atoms with van der Waals surface area (Å²) in [6.07, 6.45) is 17.0. The normalized spacial score (nSPS) is 13.7. The van der Waals surface area contributed by atoms with Gasteiger partial charge in [0.2, 0.25) is 0 Å². The van der Waals surface area contributed by atoms with Gasteiger partial charge < -0.3 is 4.43 Å². The van der Waals surface area contributed by atoms with Gasteiger partial charge in [-0.3, -0.25) is 0 Å². The Morgan fingerprint density at radius 1 is 0.650 bits per heavy atom. The molecule has 0 N–H and O–H groups in total. The molecule has 0 radical (unpaired) electrons. The molecule has 0 rings (SSSR count). The van der Waals surface area contributed by atoms with Gasteiger partial charge >= 0.3 is 0 Å². The van der Waals surface area contributed by atoms with Gasteiger partial charge in [0.1, 0.15) is 0 Å². The number of rotatable bonds is 14. The maximum atomic E-state index is 6.34. The summed E-state index contributed by atoms with van der Waals surface area (Å²) in [4.78, 5) is 0. The summed E-state index contributed by atoms with van der Waals surface area (Å²) in [5.74, 6) is 0. The van der Waals surface area contributed by atoms with Crippen molar-refractivity contribution in [2.24, 2.45) is 0 Å². The fourth-order valence-corrected chi connectivity index (χ4v) is 3.94. The largest absolute Gasteiger partial charge is 0.415 e. The summed E-state index contributed by atoms with van der Waals surface area (Å²) in [5.41, 5.74) is 0. The highest BCUT2D eigenvalue weighted by Gasteiger charge is 2.20. The van der Waals surface area contributed by atoms with Crippen LogP contribution in [0.2, 0.25) is 19.6 Å². The molecule has 0 bridgehead atoms. The quantitative estimate of drug-likeness (QED) is 0.250. The van der Waals surface area contributed by atoms with E-state index in [9.17, 15) is 0 Å². The summed E-state index contributed by atoms with van der Waals surface area (Å²) >= 11 is 0. The average Bonchev–Trinajstić information content (AvgIpc) is 2.37. The van der Waals surface area contributed by atoms with E-state index in [0.29, 0.717) is 6.10 Å². The summed E-state index contributed by atoms with van der Waals surface area (Å²) in [5, 5.41) is 0. The van der Waals surface area contributed by atoms with Crippen LogP contribution in [0, 0.1) is 0 Å².